The van der Waals surface area contributed by atoms with Crippen molar-refractivity contribution in [1.82, 2.24) is 9.80 Å². The average molecular weight is 356 g/mol. The lowest BCUT2D eigenvalue weighted by atomic mass is 9.96. The number of hydrogen-bond acceptors (Lipinski definition) is 4. The highest BCUT2D eigenvalue weighted by Crippen LogP contribution is 2.21. The second-order valence-corrected chi connectivity index (χ2v) is 8.79. The van der Waals surface area contributed by atoms with E-state index in [9.17, 15) is 9.59 Å². The molecule has 0 aromatic carbocycles. The topological polar surface area (TPSA) is 75.9 Å². The first-order valence-electron chi connectivity index (χ1n) is 9.46. The molecule has 0 aliphatic carbocycles. The van der Waals surface area contributed by atoms with Crippen molar-refractivity contribution in [1.29, 1.82) is 0 Å². The largest absolute Gasteiger partial charge is 0.444 e. The Bertz CT molecular complexity index is 457. The number of rotatable bonds is 5. The van der Waals surface area contributed by atoms with E-state index in [4.69, 9.17) is 10.5 Å². The molecule has 2 amide bonds. The number of likely N-dealkylation sites (tertiary alicyclic amines) is 1. The standard InChI is InChI=1S/C19H37N3O3/c1-13(2)16(20)17(23)22(14(3)4)12-15-9-8-10-21(11-15)18(24)25-19(5,6)7/h13-16H,8-12,20H2,1-7H3/t15-,16+/m1/s1. The number of hydrogen-bond donors (Lipinski definition) is 1. The number of nitrogens with two attached hydrogens (primary N) is 1. The van der Waals surface area contributed by atoms with Crippen molar-refractivity contribution < 1.29 is 14.3 Å². The van der Waals surface area contributed by atoms with Crippen LogP contribution in [-0.4, -0.2) is 59.1 Å². The van der Waals surface area contributed by atoms with Crippen LogP contribution in [0.15, 0.2) is 0 Å². The molecule has 0 unspecified atom stereocenters. The molecule has 1 aliphatic rings. The van der Waals surface area contributed by atoms with Crippen molar-refractivity contribution in [2.24, 2.45) is 17.6 Å². The molecule has 0 spiro atoms. The van der Waals surface area contributed by atoms with Crippen LogP contribution in [0.25, 0.3) is 0 Å². The number of nitrogens with zero attached hydrogens (tertiary/aromatic N) is 2. The predicted molar refractivity (Wildman–Crippen MR) is 100 cm³/mol. The molecular weight excluding hydrogens is 318 g/mol. The van der Waals surface area contributed by atoms with E-state index >= 15 is 0 Å². The van der Waals surface area contributed by atoms with E-state index < -0.39 is 11.6 Å². The minimum absolute atomic E-state index is 0.000563. The van der Waals surface area contributed by atoms with Gasteiger partial charge in [0.1, 0.15) is 5.60 Å². The van der Waals surface area contributed by atoms with Crippen molar-refractivity contribution in [3.05, 3.63) is 0 Å². The molecule has 0 saturated carbocycles. The molecule has 1 rings (SSSR count). The van der Waals surface area contributed by atoms with Gasteiger partial charge in [0, 0.05) is 25.7 Å². The van der Waals surface area contributed by atoms with Gasteiger partial charge in [-0.05, 0) is 59.3 Å². The molecule has 1 fully saturated rings. The molecule has 1 saturated heterocycles. The van der Waals surface area contributed by atoms with Gasteiger partial charge in [-0.3, -0.25) is 4.79 Å². The summed E-state index contributed by atoms with van der Waals surface area (Å²) < 4.78 is 5.48. The van der Waals surface area contributed by atoms with E-state index in [0.29, 0.717) is 19.6 Å². The van der Waals surface area contributed by atoms with E-state index in [2.05, 4.69) is 0 Å². The predicted octanol–water partition coefficient (Wildman–Crippen LogP) is 2.85. The highest BCUT2D eigenvalue weighted by atomic mass is 16.6. The Labute approximate surface area is 153 Å². The van der Waals surface area contributed by atoms with E-state index in [1.807, 2.05) is 53.4 Å². The van der Waals surface area contributed by atoms with Crippen LogP contribution in [0.5, 0.6) is 0 Å². The molecule has 2 atom stereocenters. The first kappa shape index (κ1) is 21.7. The molecule has 25 heavy (non-hydrogen) atoms. The third-order valence-electron chi connectivity index (χ3n) is 4.54. The molecule has 146 valence electrons. The molecule has 0 bridgehead atoms. The Morgan fingerprint density at radius 1 is 1.24 bits per heavy atom. The molecule has 1 aliphatic heterocycles. The highest BCUT2D eigenvalue weighted by Gasteiger charge is 2.32. The quantitative estimate of drug-likeness (QED) is 0.823. The van der Waals surface area contributed by atoms with Gasteiger partial charge in [0.05, 0.1) is 6.04 Å². The Hall–Kier alpha value is -1.30. The van der Waals surface area contributed by atoms with Gasteiger partial charge in [-0.1, -0.05) is 13.8 Å². The second-order valence-electron chi connectivity index (χ2n) is 8.79. The normalized spacial score (nSPS) is 19.9. The Balaban J connectivity index is 2.72. The minimum atomic E-state index is -0.492. The first-order valence-corrected chi connectivity index (χ1v) is 9.46. The fourth-order valence-electron chi connectivity index (χ4n) is 3.02. The third-order valence-corrected chi connectivity index (χ3v) is 4.54. The van der Waals surface area contributed by atoms with Crippen LogP contribution in [0.4, 0.5) is 4.79 Å². The summed E-state index contributed by atoms with van der Waals surface area (Å²) in [7, 11) is 0. The Kier molecular flexibility index (Phi) is 7.72. The van der Waals surface area contributed by atoms with Gasteiger partial charge in [-0.2, -0.15) is 0 Å². The minimum Gasteiger partial charge on any atom is -0.444 e. The van der Waals surface area contributed by atoms with Gasteiger partial charge in [0.2, 0.25) is 5.91 Å². The monoisotopic (exact) mass is 355 g/mol. The van der Waals surface area contributed by atoms with Crippen LogP contribution in [-0.2, 0) is 9.53 Å². The second kappa shape index (κ2) is 8.88. The molecular formula is C19H37N3O3. The van der Waals surface area contributed by atoms with E-state index in [0.717, 1.165) is 12.8 Å². The number of ether oxygens (including phenoxy) is 1. The van der Waals surface area contributed by atoms with Crippen LogP contribution in [0, 0.1) is 11.8 Å². The van der Waals surface area contributed by atoms with Crippen LogP contribution >= 0.6 is 0 Å². The summed E-state index contributed by atoms with van der Waals surface area (Å²) in [6, 6.07) is -0.387. The fraction of sp³-hybridized carbons (Fsp3) is 0.895. The highest BCUT2D eigenvalue weighted by molar-refractivity contribution is 5.82. The summed E-state index contributed by atoms with van der Waals surface area (Å²) in [5.74, 6) is 0.365. The molecule has 1 heterocycles. The third kappa shape index (κ3) is 6.84. The summed E-state index contributed by atoms with van der Waals surface area (Å²) in [6.45, 7) is 15.6. The maximum Gasteiger partial charge on any atom is 0.410 e. The first-order chi connectivity index (χ1) is 11.4. The maximum atomic E-state index is 12.7. The van der Waals surface area contributed by atoms with E-state index in [-0.39, 0.29) is 29.9 Å². The van der Waals surface area contributed by atoms with Crippen LogP contribution in [0.1, 0.15) is 61.3 Å². The number of amides is 2. The zero-order valence-corrected chi connectivity index (χ0v) is 17.0. The summed E-state index contributed by atoms with van der Waals surface area (Å²) in [5, 5.41) is 0. The van der Waals surface area contributed by atoms with Crippen LogP contribution in [0.3, 0.4) is 0 Å². The molecule has 2 N–H and O–H groups in total. The molecule has 0 radical (unpaired) electrons. The van der Waals surface area contributed by atoms with Gasteiger partial charge < -0.3 is 20.3 Å². The van der Waals surface area contributed by atoms with Gasteiger partial charge in [0.15, 0.2) is 0 Å². The van der Waals surface area contributed by atoms with Crippen LogP contribution in [0.2, 0.25) is 0 Å². The summed E-state index contributed by atoms with van der Waals surface area (Å²) in [4.78, 5) is 28.6. The number of carbonyl (C=O) groups excluding carboxylic acids is 2. The van der Waals surface area contributed by atoms with Crippen molar-refractivity contribution >= 4 is 12.0 Å². The zero-order valence-electron chi connectivity index (χ0n) is 17.0. The van der Waals surface area contributed by atoms with Crippen molar-refractivity contribution in [3.63, 3.8) is 0 Å². The smallest absolute Gasteiger partial charge is 0.410 e. The maximum absolute atomic E-state index is 12.7. The van der Waals surface area contributed by atoms with Gasteiger partial charge in [-0.25, -0.2) is 4.79 Å². The van der Waals surface area contributed by atoms with E-state index in [1.165, 1.54) is 0 Å². The summed E-state index contributed by atoms with van der Waals surface area (Å²) in [6.07, 6.45) is 1.67. The van der Waals surface area contributed by atoms with Crippen LogP contribution < -0.4 is 5.73 Å². The Morgan fingerprint density at radius 3 is 2.32 bits per heavy atom. The lowest BCUT2D eigenvalue weighted by molar-refractivity contribution is -0.136. The molecule has 6 nitrogen and oxygen atoms in total. The van der Waals surface area contributed by atoms with Gasteiger partial charge in [-0.15, -0.1) is 0 Å². The Morgan fingerprint density at radius 2 is 1.84 bits per heavy atom. The number of carbonyl (C=O) groups is 2. The van der Waals surface area contributed by atoms with Gasteiger partial charge in [0.25, 0.3) is 0 Å². The van der Waals surface area contributed by atoms with Crippen molar-refractivity contribution in [3.8, 4) is 0 Å². The molecule has 6 heteroatoms. The molecule has 0 aromatic rings. The van der Waals surface area contributed by atoms with Crippen molar-refractivity contribution in [2.75, 3.05) is 19.6 Å². The summed E-state index contributed by atoms with van der Waals surface area (Å²) in [5.41, 5.74) is 5.58. The average Bonchev–Trinajstić information content (AvgIpc) is 2.49. The van der Waals surface area contributed by atoms with Gasteiger partial charge >= 0.3 is 6.09 Å². The zero-order chi connectivity index (χ0) is 19.4. The lowest BCUT2D eigenvalue weighted by Crippen LogP contribution is -2.52. The summed E-state index contributed by atoms with van der Waals surface area (Å²) >= 11 is 0. The lowest BCUT2D eigenvalue weighted by Gasteiger charge is -2.38. The van der Waals surface area contributed by atoms with Crippen molar-refractivity contribution in [2.45, 2.75) is 79.0 Å². The SMILES string of the molecule is CC(C)[C@H](N)C(=O)N(C[C@@H]1CCCN(C(=O)OC(C)(C)C)C1)C(C)C. The fourth-order valence-corrected chi connectivity index (χ4v) is 3.02. The van der Waals surface area contributed by atoms with E-state index in [1.54, 1.807) is 4.90 Å². The number of piperidine rings is 1. The molecule has 0 aromatic heterocycles.